The first-order chi connectivity index (χ1) is 71.7. The molecule has 772 valence electrons. The lowest BCUT2D eigenvalue weighted by atomic mass is 10.0. The van der Waals surface area contributed by atoms with E-state index in [1.54, 1.807) is 49.6 Å². The summed E-state index contributed by atoms with van der Waals surface area (Å²) in [5.41, 5.74) is 23.4. The first-order valence-corrected chi connectivity index (χ1v) is 49.8. The van der Waals surface area contributed by atoms with E-state index in [1.165, 1.54) is 4.90 Å². The average molecular weight is 2010 g/mol. The molecule has 0 bridgehead atoms. The summed E-state index contributed by atoms with van der Waals surface area (Å²) < 4.78 is 48.9. The molecule has 147 heavy (non-hydrogen) atoms. The number of aromatic nitrogens is 14. The van der Waals surface area contributed by atoms with Crippen molar-refractivity contribution in [3.05, 3.63) is 216 Å². The number of fused-ring (bicyclic) bond motifs is 4. The fraction of sp³-hybridized carbons (Fsp3) is 0.396. The summed E-state index contributed by atoms with van der Waals surface area (Å²) in [5, 5.41) is 31.8. The molecule has 2 fully saturated rings. The second-order valence-electron chi connectivity index (χ2n) is 36.5. The van der Waals surface area contributed by atoms with Crippen LogP contribution in [0.3, 0.4) is 0 Å². The van der Waals surface area contributed by atoms with Crippen LogP contribution in [-0.4, -0.2) is 353 Å². The van der Waals surface area contributed by atoms with Crippen molar-refractivity contribution in [3.63, 3.8) is 0 Å². The SMILES string of the molecule is CN(C)CCNC(=O)c1ccc(-c2nc3ccc(-c4ccc5nc(-c6ccc(C(=O)NCCOCCOCCOCCOCc7cn(CCCNCC(=O)N8CCC[C@H]8C(=O)N8CCC[C@H]8C(=O)N(CCCn8cc(COCCOCCOCCOCCNC(=O)c9ccc(-c%10nc%11ccc(-c%12ccc%13nc(-c%14ccc(C(=O)NCCN(C)C)cc%14)[nH]c%13c%12)cc%11[nH]%10)cc9)nn8)CC(N)=O)nn7)cc6)[nH]c5c4)cc3[nH]2)cc1. The van der Waals surface area contributed by atoms with Crippen LogP contribution in [0.1, 0.15) is 91.3 Å². The monoisotopic (exact) mass is 2010 g/mol. The fourth-order valence-electron chi connectivity index (χ4n) is 17.3. The van der Waals surface area contributed by atoms with E-state index in [1.807, 2.05) is 166 Å². The highest BCUT2D eigenvalue weighted by molar-refractivity contribution is 5.99. The summed E-state index contributed by atoms with van der Waals surface area (Å²) in [6, 6.07) is 52.3. The number of likely N-dealkylation sites (tertiary alicyclic amines) is 2. The van der Waals surface area contributed by atoms with Gasteiger partial charge in [0.1, 0.15) is 46.8 Å². The molecule has 11 N–H and O–H groups in total. The Morgan fingerprint density at radius 1 is 0.374 bits per heavy atom. The molecule has 2 saturated heterocycles. The van der Waals surface area contributed by atoms with Gasteiger partial charge in [-0.25, -0.2) is 19.9 Å². The van der Waals surface area contributed by atoms with E-state index < -0.39 is 18.0 Å². The fourth-order valence-corrected chi connectivity index (χ4v) is 17.3. The second-order valence-corrected chi connectivity index (χ2v) is 36.5. The first-order valence-electron chi connectivity index (χ1n) is 49.8. The molecule has 0 saturated carbocycles. The zero-order valence-electron chi connectivity index (χ0n) is 83.2. The molecular formula is C106H127N25O16. The Morgan fingerprint density at radius 2 is 0.701 bits per heavy atom. The van der Waals surface area contributed by atoms with Crippen molar-refractivity contribution < 1.29 is 76.3 Å². The number of aryl methyl sites for hydroxylation is 2. The van der Waals surface area contributed by atoms with Gasteiger partial charge in [0.15, 0.2) is 0 Å². The number of H-pyrrole nitrogens is 4. The van der Waals surface area contributed by atoms with E-state index in [9.17, 15) is 38.4 Å². The van der Waals surface area contributed by atoms with E-state index >= 15 is 0 Å². The van der Waals surface area contributed by atoms with E-state index in [0.717, 1.165) is 102 Å². The van der Waals surface area contributed by atoms with Crippen LogP contribution in [0.5, 0.6) is 0 Å². The van der Waals surface area contributed by atoms with Gasteiger partial charge in [0.05, 0.1) is 175 Å². The maximum Gasteiger partial charge on any atom is 0.251 e. The van der Waals surface area contributed by atoms with Gasteiger partial charge in [-0.05, 0) is 193 Å². The minimum Gasteiger partial charge on any atom is -0.377 e. The topological polar surface area (TPSA) is 489 Å². The maximum atomic E-state index is 14.3. The third-order valence-electron chi connectivity index (χ3n) is 25.1. The van der Waals surface area contributed by atoms with Gasteiger partial charge in [-0.3, -0.25) is 47.7 Å². The number of hydrogen-bond donors (Lipinski definition) is 10. The van der Waals surface area contributed by atoms with Gasteiger partial charge in [0, 0.05) is 116 Å². The number of ether oxygens (including phenoxy) is 8. The summed E-state index contributed by atoms with van der Waals surface area (Å²) in [7, 11) is 7.87. The Balaban J connectivity index is 0.354. The summed E-state index contributed by atoms with van der Waals surface area (Å²) >= 11 is 0. The highest BCUT2D eigenvalue weighted by Gasteiger charge is 2.43. The van der Waals surface area contributed by atoms with E-state index in [0.29, 0.717) is 247 Å². The average Bonchev–Trinajstić information content (AvgIpc) is 1.64. The second kappa shape index (κ2) is 52.8. The number of imidazole rings is 4. The number of benzene rings is 8. The van der Waals surface area contributed by atoms with Crippen LogP contribution in [-0.2, 0) is 83.4 Å². The van der Waals surface area contributed by atoms with Gasteiger partial charge in [-0.2, -0.15) is 0 Å². The zero-order valence-corrected chi connectivity index (χ0v) is 83.2. The Kier molecular flexibility index (Phi) is 37.8. The minimum absolute atomic E-state index is 0.0335. The van der Waals surface area contributed by atoms with Gasteiger partial charge in [-0.1, -0.05) is 83.2 Å². The summed E-state index contributed by atoms with van der Waals surface area (Å²) in [5.74, 6) is 0.613. The minimum atomic E-state index is -0.800. The molecule has 0 radical (unpaired) electrons. The van der Waals surface area contributed by atoms with Crippen molar-refractivity contribution in [2.75, 3.05) is 199 Å². The molecule has 8 aromatic carbocycles. The molecule has 16 rings (SSSR count). The largest absolute Gasteiger partial charge is 0.377 e. The Labute approximate surface area is 849 Å². The molecule has 14 aromatic rings. The molecule has 41 heteroatoms. The Bertz CT molecular complexity index is 6740. The number of nitrogens with zero attached hydrogens (tertiary/aromatic N) is 15. The molecule has 41 nitrogen and oxygen atoms in total. The molecule has 8 amide bonds. The van der Waals surface area contributed by atoms with Gasteiger partial charge >= 0.3 is 0 Å². The highest BCUT2D eigenvalue weighted by Crippen LogP contribution is 2.34. The van der Waals surface area contributed by atoms with Crippen molar-refractivity contribution in [3.8, 4) is 67.8 Å². The van der Waals surface area contributed by atoms with E-state index in [2.05, 4.69) is 91.4 Å². The lowest BCUT2D eigenvalue weighted by molar-refractivity contribution is -0.149. The predicted octanol–water partition coefficient (Wildman–Crippen LogP) is 8.32. The first kappa shape index (κ1) is 105. The van der Waals surface area contributed by atoms with Gasteiger partial charge < -0.3 is 115 Å². The van der Waals surface area contributed by atoms with Crippen LogP contribution in [0, 0.1) is 0 Å². The molecule has 0 spiro atoms. The van der Waals surface area contributed by atoms with Crippen LogP contribution in [0.25, 0.3) is 112 Å². The molecular weight excluding hydrogens is 1880 g/mol. The summed E-state index contributed by atoms with van der Waals surface area (Å²) in [6.07, 6.45) is 6.77. The molecule has 8 heterocycles. The molecule has 0 unspecified atom stereocenters. The van der Waals surface area contributed by atoms with Crippen molar-refractivity contribution >= 4 is 91.4 Å². The Hall–Kier alpha value is -14.8. The van der Waals surface area contributed by atoms with Crippen molar-refractivity contribution in [2.45, 2.75) is 76.9 Å². The van der Waals surface area contributed by atoms with Crippen LogP contribution in [0.15, 0.2) is 182 Å². The van der Waals surface area contributed by atoms with Crippen molar-refractivity contribution in [2.24, 2.45) is 5.73 Å². The molecule has 6 aromatic heterocycles. The number of nitrogens with one attached hydrogen (secondary N) is 9. The number of hydrogen-bond acceptors (Lipinski definition) is 27. The van der Waals surface area contributed by atoms with Crippen molar-refractivity contribution in [1.29, 1.82) is 0 Å². The number of amides is 8. The highest BCUT2D eigenvalue weighted by atomic mass is 16.6. The number of nitrogens with two attached hydrogens (primary N) is 1. The Morgan fingerprint density at radius 3 is 1.06 bits per heavy atom. The van der Waals surface area contributed by atoms with E-state index in [-0.39, 0.29) is 74.2 Å². The third-order valence-corrected chi connectivity index (χ3v) is 25.1. The lowest BCUT2D eigenvalue weighted by Crippen LogP contribution is -2.55. The number of carbonyl (C=O) groups excluding carboxylic acids is 8. The molecule has 2 atom stereocenters. The molecule has 2 aliphatic heterocycles. The number of aromatic amines is 4. The van der Waals surface area contributed by atoms with Crippen LogP contribution in [0.4, 0.5) is 0 Å². The zero-order chi connectivity index (χ0) is 102. The smallest absolute Gasteiger partial charge is 0.251 e. The lowest BCUT2D eigenvalue weighted by Gasteiger charge is -2.33. The predicted molar refractivity (Wildman–Crippen MR) is 552 cm³/mol. The standard InChI is InChI=1S/C106H127N25O16/c1-125(2)45-36-109-101(134)75-19-11-71(12-20-75)97-113-85-31-27-79(61-89(85)117-97)81-29-33-87-91(63-81)119-99(115-87)73-15-23-77(24-16-73)103(136)111-38-47-140-49-51-142-53-55-144-57-59-146-69-83-66-128(123-121-83)41-7-35-108-65-96(133)130-43-5-10-94(130)106(139)131-44-6-9-93(131)105(138)127(68-95(107)132)40-8-42-129-67-84(122-124-129)70-147-60-58-145-56-54-143-52-50-141-48-39-112-104(137)78-25-17-74(18-26-78)100-116-88-34-30-82(64-92(88)120-100)80-28-32-86-90(62-80)118-98(114-86)72-13-21-76(22-14-72)102(135)110-37-46-126(3)4/h11-34,61-64,66-67,93-94,108H,5-10,35-60,65,68-70H2,1-4H3,(H2,107,132)(H,109,134)(H,110,135)(H,111,136)(H,112,137)(H,113,117)(H,114,118)(H,115,119)(H,116,120)/t93-,94-/m0/s1. The van der Waals surface area contributed by atoms with Gasteiger partial charge in [-0.15, -0.1) is 10.2 Å². The number of likely N-dealkylation sites (N-methyl/N-ethyl adjacent to an activating group) is 2. The van der Waals surface area contributed by atoms with Crippen LogP contribution >= 0.6 is 0 Å². The normalized spacial score (nSPS) is 13.7. The number of primary amides is 1. The van der Waals surface area contributed by atoms with Gasteiger partial charge in [0.2, 0.25) is 23.6 Å². The van der Waals surface area contributed by atoms with Crippen LogP contribution < -0.4 is 32.3 Å². The summed E-state index contributed by atoms with van der Waals surface area (Å²) in [4.78, 5) is 147. The van der Waals surface area contributed by atoms with Crippen molar-refractivity contribution in [1.82, 2.24) is 121 Å². The van der Waals surface area contributed by atoms with E-state index in [4.69, 9.17) is 63.6 Å². The van der Waals surface area contributed by atoms with Gasteiger partial charge in [0.25, 0.3) is 23.6 Å². The maximum absolute atomic E-state index is 14.3. The summed E-state index contributed by atoms with van der Waals surface area (Å²) in [6.45, 7) is 10.7. The molecule has 0 aliphatic carbocycles. The molecule has 2 aliphatic rings. The number of rotatable bonds is 58. The number of carbonyl (C=O) groups is 8. The third kappa shape index (κ3) is 29.8. The quantitative estimate of drug-likeness (QED) is 0.0160. The van der Waals surface area contributed by atoms with Crippen LogP contribution in [0.2, 0.25) is 0 Å².